The van der Waals surface area contributed by atoms with Crippen molar-refractivity contribution in [3.8, 4) is 5.75 Å². The van der Waals surface area contributed by atoms with E-state index < -0.39 is 15.7 Å². The van der Waals surface area contributed by atoms with Crippen LogP contribution in [-0.2, 0) is 30.7 Å². The predicted octanol–water partition coefficient (Wildman–Crippen LogP) is 3.00. The van der Waals surface area contributed by atoms with E-state index in [0.29, 0.717) is 29.4 Å². The number of ether oxygens (including phenoxy) is 2. The number of carbonyl (C=O) groups excluding carboxylic acids is 2. The summed E-state index contributed by atoms with van der Waals surface area (Å²) in [5, 5.41) is 2.74. The summed E-state index contributed by atoms with van der Waals surface area (Å²) >= 11 is 1.32. The normalized spacial score (nSPS) is 12.1. The van der Waals surface area contributed by atoms with E-state index in [1.807, 2.05) is 16.7 Å². The fourth-order valence-electron chi connectivity index (χ4n) is 3.32. The molecule has 1 N–H and O–H groups in total. The van der Waals surface area contributed by atoms with E-state index in [1.54, 1.807) is 25.3 Å². The monoisotopic (exact) mass is 505 g/mol. The Morgan fingerprint density at radius 1 is 1.12 bits per heavy atom. The Bertz CT molecular complexity index is 1340. The number of benzene rings is 2. The van der Waals surface area contributed by atoms with Gasteiger partial charge in [-0.1, -0.05) is 11.3 Å². The molecule has 3 aromatic rings. The molecule has 0 aliphatic rings. The second-order valence-electron chi connectivity index (χ2n) is 7.50. The molecule has 0 saturated heterocycles. The van der Waals surface area contributed by atoms with Crippen LogP contribution >= 0.6 is 11.3 Å². The highest BCUT2D eigenvalue weighted by molar-refractivity contribution is 7.91. The van der Waals surface area contributed by atoms with Crippen LogP contribution in [0, 0.1) is 0 Å². The summed E-state index contributed by atoms with van der Waals surface area (Å²) in [4.78, 5) is 28.8. The van der Waals surface area contributed by atoms with E-state index >= 15 is 0 Å². The number of aromatic nitrogens is 1. The number of methoxy groups -OCH3 is 2. The molecule has 0 aliphatic heterocycles. The molecule has 1 aromatic heterocycles. The van der Waals surface area contributed by atoms with E-state index in [2.05, 4.69) is 10.3 Å². The predicted molar refractivity (Wildman–Crippen MR) is 131 cm³/mol. The van der Waals surface area contributed by atoms with Crippen LogP contribution in [0.25, 0.3) is 10.2 Å². The number of hydrogen-bond acceptors (Lipinski definition) is 7. The molecular formula is C23H27N3O6S2. The molecule has 0 bridgehead atoms. The number of rotatable bonds is 10. The van der Waals surface area contributed by atoms with Crippen molar-refractivity contribution in [3.05, 3.63) is 47.3 Å². The van der Waals surface area contributed by atoms with Crippen LogP contribution in [0.3, 0.4) is 0 Å². The molecule has 0 fully saturated rings. The Labute approximate surface area is 202 Å². The number of amides is 2. The lowest BCUT2D eigenvalue weighted by atomic mass is 10.3. The summed E-state index contributed by atoms with van der Waals surface area (Å²) in [6.45, 7) is 2.36. The summed E-state index contributed by atoms with van der Waals surface area (Å²) < 4.78 is 38.1. The quantitative estimate of drug-likeness (QED) is 0.453. The van der Waals surface area contributed by atoms with E-state index in [9.17, 15) is 18.0 Å². The van der Waals surface area contributed by atoms with Gasteiger partial charge in [0.15, 0.2) is 14.6 Å². The van der Waals surface area contributed by atoms with Crippen molar-refractivity contribution in [3.63, 3.8) is 0 Å². The SMILES string of the molecule is COCCn1c(=NC(=O)CCCS(=O)(=O)c2ccc(OC)cc2)sc2cc(NC(C)=O)ccc21. The highest BCUT2D eigenvalue weighted by Gasteiger charge is 2.16. The largest absolute Gasteiger partial charge is 0.497 e. The molecular weight excluding hydrogens is 478 g/mol. The lowest BCUT2D eigenvalue weighted by molar-refractivity contribution is -0.118. The van der Waals surface area contributed by atoms with Crippen molar-refractivity contribution in [1.82, 2.24) is 4.57 Å². The molecule has 3 rings (SSSR count). The van der Waals surface area contributed by atoms with Gasteiger partial charge in [0.05, 0.1) is 34.6 Å². The third-order valence-electron chi connectivity index (χ3n) is 4.96. The second-order valence-corrected chi connectivity index (χ2v) is 10.6. The van der Waals surface area contributed by atoms with Crippen molar-refractivity contribution < 1.29 is 27.5 Å². The minimum Gasteiger partial charge on any atom is -0.497 e. The summed E-state index contributed by atoms with van der Waals surface area (Å²) in [6.07, 6.45) is 0.164. The van der Waals surface area contributed by atoms with Crippen LogP contribution in [0.1, 0.15) is 19.8 Å². The molecule has 11 heteroatoms. The Balaban J connectivity index is 1.76. The zero-order chi connectivity index (χ0) is 24.7. The molecule has 182 valence electrons. The molecule has 0 spiro atoms. The van der Waals surface area contributed by atoms with Gasteiger partial charge in [-0.25, -0.2) is 8.42 Å². The highest BCUT2D eigenvalue weighted by Crippen LogP contribution is 2.22. The number of fused-ring (bicyclic) bond motifs is 1. The van der Waals surface area contributed by atoms with Crippen molar-refractivity contribution in [1.29, 1.82) is 0 Å². The standard InChI is InChI=1S/C23H27N3O6S2/c1-16(27)24-17-6-11-20-21(15-17)33-23(26(20)12-13-31-2)25-22(28)5-4-14-34(29,30)19-9-7-18(32-3)8-10-19/h6-11,15H,4-5,12-14H2,1-3H3,(H,24,27). The van der Waals surface area contributed by atoms with Crippen LogP contribution in [0.15, 0.2) is 52.4 Å². The number of nitrogens with zero attached hydrogens (tertiary/aromatic N) is 2. The minimum absolute atomic E-state index is 0.00501. The van der Waals surface area contributed by atoms with Gasteiger partial charge in [0.1, 0.15) is 5.75 Å². The second kappa shape index (κ2) is 11.4. The average Bonchev–Trinajstić information content (AvgIpc) is 3.12. The van der Waals surface area contributed by atoms with Gasteiger partial charge in [-0.3, -0.25) is 9.59 Å². The summed E-state index contributed by atoms with van der Waals surface area (Å²) in [6, 6.07) is 11.6. The smallest absolute Gasteiger partial charge is 0.248 e. The molecule has 0 unspecified atom stereocenters. The summed E-state index contributed by atoms with van der Waals surface area (Å²) in [7, 11) is -0.410. The minimum atomic E-state index is -3.51. The highest BCUT2D eigenvalue weighted by atomic mass is 32.2. The van der Waals surface area contributed by atoms with Gasteiger partial charge >= 0.3 is 0 Å². The summed E-state index contributed by atoms with van der Waals surface area (Å²) in [5.41, 5.74) is 1.52. The van der Waals surface area contributed by atoms with Gasteiger partial charge in [0.25, 0.3) is 0 Å². The van der Waals surface area contributed by atoms with E-state index in [4.69, 9.17) is 9.47 Å². The Kier molecular flexibility index (Phi) is 8.59. The average molecular weight is 506 g/mol. The number of thiazole rings is 1. The first-order valence-corrected chi connectivity index (χ1v) is 13.0. The fraction of sp³-hybridized carbons (Fsp3) is 0.348. The van der Waals surface area contributed by atoms with Gasteiger partial charge in [0.2, 0.25) is 11.8 Å². The van der Waals surface area contributed by atoms with Crippen molar-refractivity contribution in [2.45, 2.75) is 31.2 Å². The summed E-state index contributed by atoms with van der Waals surface area (Å²) in [5.74, 6) is -0.156. The molecule has 2 aromatic carbocycles. The van der Waals surface area contributed by atoms with E-state index in [-0.39, 0.29) is 29.4 Å². The zero-order valence-corrected chi connectivity index (χ0v) is 20.9. The third kappa shape index (κ3) is 6.52. The fourth-order valence-corrected chi connectivity index (χ4v) is 5.74. The van der Waals surface area contributed by atoms with Gasteiger partial charge in [-0.2, -0.15) is 4.99 Å². The zero-order valence-electron chi connectivity index (χ0n) is 19.2. The number of carbonyl (C=O) groups is 2. The molecule has 34 heavy (non-hydrogen) atoms. The Hall–Kier alpha value is -3.02. The van der Waals surface area contributed by atoms with Crippen molar-refractivity contribution >= 4 is 48.9 Å². The first-order chi connectivity index (χ1) is 16.2. The van der Waals surface area contributed by atoms with E-state index in [0.717, 1.165) is 10.2 Å². The molecule has 0 atom stereocenters. The van der Waals surface area contributed by atoms with Gasteiger partial charge < -0.3 is 19.4 Å². The maximum atomic E-state index is 12.6. The number of sulfone groups is 1. The van der Waals surface area contributed by atoms with Crippen LogP contribution in [0.5, 0.6) is 5.75 Å². The number of hydrogen-bond donors (Lipinski definition) is 1. The first-order valence-electron chi connectivity index (χ1n) is 10.6. The third-order valence-corrected chi connectivity index (χ3v) is 7.82. The van der Waals surface area contributed by atoms with Crippen LogP contribution in [0.4, 0.5) is 5.69 Å². The molecule has 9 nitrogen and oxygen atoms in total. The van der Waals surface area contributed by atoms with E-state index in [1.165, 1.54) is 37.5 Å². The molecule has 2 amide bonds. The van der Waals surface area contributed by atoms with Crippen molar-refractivity contribution in [2.75, 3.05) is 31.9 Å². The van der Waals surface area contributed by atoms with Gasteiger partial charge in [0, 0.05) is 32.7 Å². The van der Waals surface area contributed by atoms with Crippen LogP contribution < -0.4 is 14.9 Å². The molecule has 0 aliphatic carbocycles. The first kappa shape index (κ1) is 25.6. The molecule has 1 heterocycles. The Morgan fingerprint density at radius 2 is 1.85 bits per heavy atom. The van der Waals surface area contributed by atoms with Crippen molar-refractivity contribution in [2.24, 2.45) is 4.99 Å². The lowest BCUT2D eigenvalue weighted by Gasteiger charge is -2.06. The van der Waals surface area contributed by atoms with Crippen LogP contribution in [-0.4, -0.2) is 51.4 Å². The maximum absolute atomic E-state index is 12.6. The topological polar surface area (TPSA) is 116 Å². The molecule has 0 saturated carbocycles. The number of anilines is 1. The Morgan fingerprint density at radius 3 is 2.50 bits per heavy atom. The lowest BCUT2D eigenvalue weighted by Crippen LogP contribution is -2.19. The van der Waals surface area contributed by atoms with Gasteiger partial charge in [-0.15, -0.1) is 0 Å². The number of nitrogens with one attached hydrogen (secondary N) is 1. The molecule has 0 radical (unpaired) electrons. The van der Waals surface area contributed by atoms with Gasteiger partial charge in [-0.05, 0) is 48.9 Å². The maximum Gasteiger partial charge on any atom is 0.248 e. The van der Waals surface area contributed by atoms with Crippen LogP contribution in [0.2, 0.25) is 0 Å².